The van der Waals surface area contributed by atoms with Gasteiger partial charge in [-0.05, 0) is 23.3 Å². The molecule has 3 aromatic carbocycles. The zero-order valence-corrected chi connectivity index (χ0v) is 13.0. The summed E-state index contributed by atoms with van der Waals surface area (Å²) in [5.74, 6) is 0. The minimum absolute atomic E-state index is 0.903. The molecule has 0 bridgehead atoms. The summed E-state index contributed by atoms with van der Waals surface area (Å²) in [6.45, 7) is 0. The van der Waals surface area contributed by atoms with Crippen molar-refractivity contribution >= 4 is 28.2 Å². The van der Waals surface area contributed by atoms with Gasteiger partial charge in [-0.3, -0.25) is 0 Å². The molecule has 0 aliphatic rings. The fourth-order valence-electron chi connectivity index (χ4n) is 2.18. The lowest BCUT2D eigenvalue weighted by molar-refractivity contribution is 1.48. The highest BCUT2D eigenvalue weighted by Crippen LogP contribution is 2.30. The Morgan fingerprint density at radius 2 is 1.24 bits per heavy atom. The van der Waals surface area contributed by atoms with Gasteiger partial charge in [0.15, 0.2) is 0 Å². The molecule has 2 heteroatoms. The molecule has 0 saturated heterocycles. The third kappa shape index (κ3) is 3.41. The van der Waals surface area contributed by atoms with E-state index in [1.807, 2.05) is 30.3 Å². The SMILES string of the molecule is S=C(Sc1ccccc1)c1ccccc1-c1ccccc1. The van der Waals surface area contributed by atoms with Gasteiger partial charge in [0.25, 0.3) is 0 Å². The molecule has 0 spiro atoms. The van der Waals surface area contributed by atoms with E-state index < -0.39 is 0 Å². The molecule has 0 aromatic heterocycles. The lowest BCUT2D eigenvalue weighted by atomic mass is 10.0. The number of benzene rings is 3. The molecule has 0 aliphatic carbocycles. The molecule has 0 heterocycles. The summed E-state index contributed by atoms with van der Waals surface area (Å²) >= 11 is 7.29. The molecule has 0 radical (unpaired) electrons. The Morgan fingerprint density at radius 3 is 1.95 bits per heavy atom. The van der Waals surface area contributed by atoms with Crippen LogP contribution in [0.25, 0.3) is 11.1 Å². The molecule has 0 saturated carbocycles. The number of thiocarbonyl (C=S) groups is 1. The Balaban J connectivity index is 1.94. The molecule has 21 heavy (non-hydrogen) atoms. The molecule has 0 fully saturated rings. The Bertz CT molecular complexity index is 734. The topological polar surface area (TPSA) is 0 Å². The van der Waals surface area contributed by atoms with E-state index >= 15 is 0 Å². The lowest BCUT2D eigenvalue weighted by Crippen LogP contribution is -1.95. The largest absolute Gasteiger partial charge is 0.0832 e. The van der Waals surface area contributed by atoms with E-state index in [1.165, 1.54) is 16.0 Å². The van der Waals surface area contributed by atoms with E-state index in [4.69, 9.17) is 12.2 Å². The average molecular weight is 306 g/mol. The van der Waals surface area contributed by atoms with Gasteiger partial charge in [0.1, 0.15) is 0 Å². The summed E-state index contributed by atoms with van der Waals surface area (Å²) < 4.78 is 0.903. The normalized spacial score (nSPS) is 10.3. The van der Waals surface area contributed by atoms with Crippen molar-refractivity contribution in [3.8, 4) is 11.1 Å². The molecular weight excluding hydrogens is 292 g/mol. The average Bonchev–Trinajstić information content (AvgIpc) is 2.56. The fraction of sp³-hybridized carbons (Fsp3) is 0. The van der Waals surface area contributed by atoms with Crippen LogP contribution in [0.1, 0.15) is 5.56 Å². The van der Waals surface area contributed by atoms with Crippen LogP contribution in [0.5, 0.6) is 0 Å². The van der Waals surface area contributed by atoms with Gasteiger partial charge in [-0.2, -0.15) is 0 Å². The van der Waals surface area contributed by atoms with E-state index in [1.54, 1.807) is 11.8 Å². The summed E-state index contributed by atoms with van der Waals surface area (Å²) in [6.07, 6.45) is 0. The van der Waals surface area contributed by atoms with E-state index in [0.717, 1.165) is 9.76 Å². The van der Waals surface area contributed by atoms with Gasteiger partial charge in [-0.15, -0.1) is 0 Å². The van der Waals surface area contributed by atoms with E-state index in [0.29, 0.717) is 0 Å². The molecule has 3 rings (SSSR count). The minimum Gasteiger partial charge on any atom is -0.0777 e. The molecule has 0 nitrogen and oxygen atoms in total. The first-order valence-electron chi connectivity index (χ1n) is 6.76. The summed E-state index contributed by atoms with van der Waals surface area (Å²) in [5, 5.41) is 0. The number of thioether (sulfide) groups is 1. The summed E-state index contributed by atoms with van der Waals surface area (Å²) in [4.78, 5) is 1.17. The Hall–Kier alpha value is -1.90. The number of hydrogen-bond acceptors (Lipinski definition) is 2. The van der Waals surface area contributed by atoms with Gasteiger partial charge in [0, 0.05) is 10.5 Å². The predicted octanol–water partition coefficient (Wildman–Crippen LogP) is 5.82. The first-order valence-corrected chi connectivity index (χ1v) is 7.99. The second-order valence-corrected chi connectivity index (χ2v) is 6.36. The number of hydrogen-bond donors (Lipinski definition) is 0. The quantitative estimate of drug-likeness (QED) is 0.441. The third-order valence-electron chi connectivity index (χ3n) is 3.19. The Kier molecular flexibility index (Phi) is 4.49. The van der Waals surface area contributed by atoms with Gasteiger partial charge in [-0.1, -0.05) is 96.8 Å². The standard InChI is InChI=1S/C19H14S2/c20-19(21-16-11-5-2-6-12-16)18-14-8-7-13-17(18)15-9-3-1-4-10-15/h1-14H. The third-order valence-corrected chi connectivity index (χ3v) is 4.57. The van der Waals surface area contributed by atoms with Gasteiger partial charge >= 0.3 is 0 Å². The van der Waals surface area contributed by atoms with E-state index in [-0.39, 0.29) is 0 Å². The first-order chi connectivity index (χ1) is 10.3. The zero-order chi connectivity index (χ0) is 14.5. The highest BCUT2D eigenvalue weighted by atomic mass is 32.2. The second kappa shape index (κ2) is 6.70. The van der Waals surface area contributed by atoms with Crippen LogP contribution >= 0.6 is 24.0 Å². The van der Waals surface area contributed by atoms with Crippen LogP contribution in [0.3, 0.4) is 0 Å². The van der Waals surface area contributed by atoms with Crippen LogP contribution in [0.2, 0.25) is 0 Å². The highest BCUT2D eigenvalue weighted by molar-refractivity contribution is 8.23. The molecule has 0 atom stereocenters. The van der Waals surface area contributed by atoms with Crippen molar-refractivity contribution in [2.45, 2.75) is 4.90 Å². The number of rotatable bonds is 3. The monoisotopic (exact) mass is 306 g/mol. The molecule has 3 aromatic rings. The van der Waals surface area contributed by atoms with Crippen LogP contribution in [-0.4, -0.2) is 4.20 Å². The van der Waals surface area contributed by atoms with Gasteiger partial charge in [0.05, 0.1) is 4.20 Å². The van der Waals surface area contributed by atoms with Crippen molar-refractivity contribution < 1.29 is 0 Å². The maximum atomic E-state index is 5.65. The fourth-order valence-corrected chi connectivity index (χ4v) is 3.44. The zero-order valence-electron chi connectivity index (χ0n) is 11.4. The van der Waals surface area contributed by atoms with Crippen molar-refractivity contribution in [1.82, 2.24) is 0 Å². The van der Waals surface area contributed by atoms with Gasteiger partial charge < -0.3 is 0 Å². The second-order valence-electron chi connectivity index (χ2n) is 4.61. The van der Waals surface area contributed by atoms with Crippen molar-refractivity contribution in [1.29, 1.82) is 0 Å². The molecule has 0 N–H and O–H groups in total. The summed E-state index contributed by atoms with van der Waals surface area (Å²) in [7, 11) is 0. The van der Waals surface area contributed by atoms with Crippen LogP contribution in [0, 0.1) is 0 Å². The maximum Gasteiger partial charge on any atom is 0.0832 e. The van der Waals surface area contributed by atoms with Gasteiger partial charge in [-0.25, -0.2) is 0 Å². The lowest BCUT2D eigenvalue weighted by Gasteiger charge is -2.10. The predicted molar refractivity (Wildman–Crippen MR) is 95.9 cm³/mol. The highest BCUT2D eigenvalue weighted by Gasteiger charge is 2.10. The van der Waals surface area contributed by atoms with Crippen LogP contribution in [0.15, 0.2) is 89.8 Å². The van der Waals surface area contributed by atoms with Crippen molar-refractivity contribution in [3.05, 3.63) is 90.5 Å². The smallest absolute Gasteiger partial charge is 0.0777 e. The summed E-state index contributed by atoms with van der Waals surface area (Å²) in [5.41, 5.74) is 3.50. The van der Waals surface area contributed by atoms with Crippen LogP contribution < -0.4 is 0 Å². The van der Waals surface area contributed by atoms with Crippen molar-refractivity contribution in [2.75, 3.05) is 0 Å². The van der Waals surface area contributed by atoms with Crippen molar-refractivity contribution in [3.63, 3.8) is 0 Å². The molecule has 0 aliphatic heterocycles. The van der Waals surface area contributed by atoms with E-state index in [9.17, 15) is 0 Å². The Morgan fingerprint density at radius 1 is 0.667 bits per heavy atom. The first kappa shape index (κ1) is 14.1. The van der Waals surface area contributed by atoms with Crippen molar-refractivity contribution in [2.24, 2.45) is 0 Å². The molecule has 102 valence electrons. The molecule has 0 unspecified atom stereocenters. The summed E-state index contributed by atoms with van der Waals surface area (Å²) in [6, 6.07) is 29.0. The van der Waals surface area contributed by atoms with Gasteiger partial charge in [0.2, 0.25) is 0 Å². The van der Waals surface area contributed by atoms with Crippen LogP contribution in [-0.2, 0) is 0 Å². The Labute approximate surface area is 134 Å². The maximum absolute atomic E-state index is 5.65. The van der Waals surface area contributed by atoms with E-state index in [2.05, 4.69) is 54.6 Å². The molecular formula is C19H14S2. The molecule has 0 amide bonds. The minimum atomic E-state index is 0.903. The van der Waals surface area contributed by atoms with Crippen LogP contribution in [0.4, 0.5) is 0 Å².